The third-order valence-electron chi connectivity index (χ3n) is 5.72. The van der Waals surface area contributed by atoms with Gasteiger partial charge in [-0.25, -0.2) is 9.37 Å². The fourth-order valence-corrected chi connectivity index (χ4v) is 4.80. The van der Waals surface area contributed by atoms with Crippen LogP contribution in [-0.4, -0.2) is 67.0 Å². The van der Waals surface area contributed by atoms with Gasteiger partial charge in [-0.1, -0.05) is 12.1 Å². The number of methoxy groups -OCH3 is 2. The Morgan fingerprint density at radius 3 is 2.53 bits per heavy atom. The number of Topliss-reactive ketones (excluding diaryl/α,β-unsaturated/α-hetero) is 1. The fraction of sp³-hybridized carbons (Fsp3) is 0.222. The Kier molecular flexibility index (Phi) is 8.52. The molecule has 2 aromatic heterocycles. The van der Waals surface area contributed by atoms with Crippen LogP contribution in [0.15, 0.2) is 53.9 Å². The first-order valence-corrected chi connectivity index (χ1v) is 12.4. The topological polar surface area (TPSA) is 127 Å². The Balaban J connectivity index is 1.60. The van der Waals surface area contributed by atoms with Gasteiger partial charge < -0.3 is 29.7 Å². The van der Waals surface area contributed by atoms with Gasteiger partial charge in [0.05, 0.1) is 32.1 Å². The third-order valence-corrected chi connectivity index (χ3v) is 6.72. The van der Waals surface area contributed by atoms with Gasteiger partial charge in [-0.2, -0.15) is 0 Å². The zero-order chi connectivity index (χ0) is 27.2. The Labute approximate surface area is 221 Å². The summed E-state index contributed by atoms with van der Waals surface area (Å²) >= 11 is 1.21. The van der Waals surface area contributed by atoms with Crippen LogP contribution >= 0.6 is 11.3 Å². The number of carbonyl (C=O) groups is 2. The summed E-state index contributed by atoms with van der Waals surface area (Å²) in [5.41, 5.74) is 1.08. The number of hydrogen-bond donors (Lipinski definition) is 3. The average molecular weight is 541 g/mol. The number of nitrogens with zero attached hydrogens (tertiary/aromatic N) is 1. The molecule has 9 nitrogen and oxygen atoms in total. The molecule has 0 aliphatic carbocycles. The number of ether oxygens (including phenoxy) is 3. The second-order valence-electron chi connectivity index (χ2n) is 8.02. The maximum Gasteiger partial charge on any atom is 0.252 e. The number of pyridine rings is 1. The van der Waals surface area contributed by atoms with Gasteiger partial charge in [0.1, 0.15) is 35.6 Å². The highest BCUT2D eigenvalue weighted by Crippen LogP contribution is 2.38. The molecule has 0 bridgehead atoms. The van der Waals surface area contributed by atoms with Crippen LogP contribution in [0.3, 0.4) is 0 Å². The minimum Gasteiger partial charge on any atom is -0.494 e. The number of hydrogen-bond acceptors (Lipinski definition) is 9. The molecule has 0 aliphatic heterocycles. The van der Waals surface area contributed by atoms with Crippen LogP contribution in [0.5, 0.6) is 17.2 Å². The summed E-state index contributed by atoms with van der Waals surface area (Å²) in [6.45, 7) is -0.808. The predicted molar refractivity (Wildman–Crippen MR) is 140 cm³/mol. The first-order chi connectivity index (χ1) is 18.4. The number of carbonyl (C=O) groups excluding carboxylic acids is 2. The van der Waals surface area contributed by atoms with Gasteiger partial charge in [-0.05, 0) is 36.4 Å². The standard InChI is InChI=1S/C27H25FN2O7S/c1-35-22-9-7-19(29-24(22)17-14-38-26-16(17)4-3-5-18(26)28)25(33)20(13-32)30-27(34)15-6-8-21(37-11-10-31)23(12-15)36-2/h3-9,12,14,20,31-32H,10-11,13H2,1-2H3,(H,30,34)/t20-/m0/s1. The molecule has 0 saturated heterocycles. The van der Waals surface area contributed by atoms with E-state index in [-0.39, 0.29) is 36.0 Å². The van der Waals surface area contributed by atoms with Crippen LogP contribution in [0.1, 0.15) is 20.8 Å². The van der Waals surface area contributed by atoms with E-state index in [1.54, 1.807) is 23.6 Å². The number of benzene rings is 2. The zero-order valence-electron chi connectivity index (χ0n) is 20.6. The Morgan fingerprint density at radius 2 is 1.82 bits per heavy atom. The van der Waals surface area contributed by atoms with Gasteiger partial charge in [0.15, 0.2) is 11.5 Å². The highest BCUT2D eigenvalue weighted by atomic mass is 32.1. The van der Waals surface area contributed by atoms with Gasteiger partial charge in [0.2, 0.25) is 5.78 Å². The minimum atomic E-state index is -1.29. The number of amides is 1. The first-order valence-electron chi connectivity index (χ1n) is 11.5. The number of aliphatic hydroxyl groups excluding tert-OH is 2. The van der Waals surface area contributed by atoms with Crippen molar-refractivity contribution >= 4 is 33.1 Å². The molecule has 1 amide bonds. The van der Waals surface area contributed by atoms with Crippen LogP contribution in [0, 0.1) is 5.82 Å². The van der Waals surface area contributed by atoms with Crippen LogP contribution in [-0.2, 0) is 0 Å². The van der Waals surface area contributed by atoms with E-state index < -0.39 is 24.3 Å². The number of rotatable bonds is 11. The second kappa shape index (κ2) is 12.0. The van der Waals surface area contributed by atoms with E-state index in [1.807, 2.05) is 0 Å². The van der Waals surface area contributed by atoms with E-state index in [2.05, 4.69) is 10.3 Å². The van der Waals surface area contributed by atoms with Crippen LogP contribution in [0.25, 0.3) is 21.3 Å². The van der Waals surface area contributed by atoms with E-state index in [1.165, 1.54) is 55.9 Å². The molecule has 4 aromatic rings. The van der Waals surface area contributed by atoms with E-state index in [9.17, 15) is 19.1 Å². The van der Waals surface area contributed by atoms with Gasteiger partial charge in [0, 0.05) is 21.9 Å². The normalized spacial score (nSPS) is 11.7. The molecule has 38 heavy (non-hydrogen) atoms. The summed E-state index contributed by atoms with van der Waals surface area (Å²) in [4.78, 5) is 30.6. The van der Waals surface area contributed by atoms with Crippen LogP contribution < -0.4 is 19.5 Å². The molecule has 3 N–H and O–H groups in total. The summed E-state index contributed by atoms with van der Waals surface area (Å²) in [5, 5.41) is 23.8. The molecule has 1 atom stereocenters. The summed E-state index contributed by atoms with van der Waals surface area (Å²) in [6, 6.07) is 10.8. The van der Waals surface area contributed by atoms with Crippen molar-refractivity contribution in [3.05, 3.63) is 71.0 Å². The lowest BCUT2D eigenvalue weighted by molar-refractivity contribution is 0.0810. The van der Waals surface area contributed by atoms with E-state index in [4.69, 9.17) is 19.3 Å². The van der Waals surface area contributed by atoms with Gasteiger partial charge in [0.25, 0.3) is 5.91 Å². The number of aromatic nitrogens is 1. The van der Waals surface area contributed by atoms with Crippen LogP contribution in [0.2, 0.25) is 0 Å². The molecule has 0 saturated carbocycles. The largest absolute Gasteiger partial charge is 0.494 e. The number of thiophene rings is 1. The molecular weight excluding hydrogens is 515 g/mol. The number of fused-ring (bicyclic) bond motifs is 1. The predicted octanol–water partition coefficient (Wildman–Crippen LogP) is 3.46. The highest BCUT2D eigenvalue weighted by molar-refractivity contribution is 7.17. The number of ketones is 1. The van der Waals surface area contributed by atoms with Crippen molar-refractivity contribution in [3.63, 3.8) is 0 Å². The number of nitrogens with one attached hydrogen (secondary N) is 1. The smallest absolute Gasteiger partial charge is 0.252 e. The van der Waals surface area contributed by atoms with Crippen molar-refractivity contribution in [3.8, 4) is 28.5 Å². The fourth-order valence-electron chi connectivity index (χ4n) is 3.84. The SMILES string of the molecule is COc1cc(C(=O)N[C@@H](CO)C(=O)c2ccc(OC)c(-c3csc4c(F)cccc34)n2)ccc1OCCO. The molecule has 4 rings (SSSR count). The van der Waals surface area contributed by atoms with Crippen molar-refractivity contribution in [1.82, 2.24) is 10.3 Å². The van der Waals surface area contributed by atoms with Crippen molar-refractivity contribution in [2.75, 3.05) is 34.0 Å². The maximum absolute atomic E-state index is 14.3. The molecule has 11 heteroatoms. The maximum atomic E-state index is 14.3. The molecule has 0 spiro atoms. The molecule has 0 fully saturated rings. The van der Waals surface area contributed by atoms with Gasteiger partial charge in [-0.15, -0.1) is 11.3 Å². The zero-order valence-corrected chi connectivity index (χ0v) is 21.4. The molecular formula is C27H25FN2O7S. The monoisotopic (exact) mass is 540 g/mol. The van der Waals surface area contributed by atoms with Gasteiger partial charge >= 0.3 is 0 Å². The second-order valence-corrected chi connectivity index (χ2v) is 8.90. The Morgan fingerprint density at radius 1 is 1.05 bits per heavy atom. The van der Waals surface area contributed by atoms with E-state index in [0.29, 0.717) is 32.8 Å². The van der Waals surface area contributed by atoms with Crippen molar-refractivity contribution in [1.29, 1.82) is 0 Å². The summed E-state index contributed by atoms with van der Waals surface area (Å²) < 4.78 is 30.7. The highest BCUT2D eigenvalue weighted by Gasteiger charge is 2.25. The minimum absolute atomic E-state index is 0.0127. The summed E-state index contributed by atoms with van der Waals surface area (Å²) in [5.74, 6) is -0.631. The van der Waals surface area contributed by atoms with Crippen molar-refractivity contribution in [2.45, 2.75) is 6.04 Å². The van der Waals surface area contributed by atoms with Crippen molar-refractivity contribution < 1.29 is 38.4 Å². The summed E-state index contributed by atoms with van der Waals surface area (Å²) in [6.07, 6.45) is 0. The van der Waals surface area contributed by atoms with E-state index in [0.717, 1.165) is 0 Å². The van der Waals surface area contributed by atoms with Crippen molar-refractivity contribution in [2.24, 2.45) is 0 Å². The molecule has 2 aromatic carbocycles. The number of aliphatic hydroxyl groups is 2. The average Bonchev–Trinajstić information content (AvgIpc) is 3.39. The quantitative estimate of drug-likeness (QED) is 0.247. The third kappa shape index (κ3) is 5.44. The lowest BCUT2D eigenvalue weighted by Crippen LogP contribution is -2.43. The lowest BCUT2D eigenvalue weighted by atomic mass is 10.1. The molecule has 0 radical (unpaired) electrons. The summed E-state index contributed by atoms with van der Waals surface area (Å²) in [7, 11) is 2.86. The van der Waals surface area contributed by atoms with E-state index >= 15 is 0 Å². The molecule has 198 valence electrons. The molecule has 2 heterocycles. The van der Waals surface area contributed by atoms with Crippen LogP contribution in [0.4, 0.5) is 4.39 Å². The molecule has 0 aliphatic rings. The lowest BCUT2D eigenvalue weighted by Gasteiger charge is -2.17. The Bertz CT molecular complexity index is 1470. The first kappa shape index (κ1) is 27.0. The number of halogens is 1. The molecule has 0 unspecified atom stereocenters. The Hall–Kier alpha value is -4.06. The van der Waals surface area contributed by atoms with Gasteiger partial charge in [-0.3, -0.25) is 9.59 Å².